The summed E-state index contributed by atoms with van der Waals surface area (Å²) in [6, 6.07) is 2.10. The number of anilines is 1. The first-order chi connectivity index (χ1) is 11.4. The van der Waals surface area contributed by atoms with E-state index in [1.54, 1.807) is 18.3 Å². The number of carbonyl (C=O) groups is 1. The summed E-state index contributed by atoms with van der Waals surface area (Å²) in [5.41, 5.74) is 0.467. The van der Waals surface area contributed by atoms with Crippen LogP contribution in [0.1, 0.15) is 39.3 Å². The van der Waals surface area contributed by atoms with Gasteiger partial charge in [-0.15, -0.1) is 0 Å². The van der Waals surface area contributed by atoms with E-state index in [0.717, 1.165) is 37.3 Å². The Balaban J connectivity index is 1.92. The summed E-state index contributed by atoms with van der Waals surface area (Å²) in [5.74, 6) is 0.784. The minimum absolute atomic E-state index is 0.163. The van der Waals surface area contributed by atoms with Crippen LogP contribution in [0.25, 0.3) is 0 Å². The number of rotatable bonds is 5. The van der Waals surface area contributed by atoms with Crippen LogP contribution >= 0.6 is 0 Å². The molecule has 2 rings (SSSR count). The van der Waals surface area contributed by atoms with Crippen molar-refractivity contribution in [2.24, 2.45) is 0 Å². The second-order valence-electron chi connectivity index (χ2n) is 7.05. The molecular formula is C17H28N4O3. The second kappa shape index (κ2) is 8.28. The lowest BCUT2D eigenvalue weighted by atomic mass is 10.1. The van der Waals surface area contributed by atoms with Gasteiger partial charge in [-0.1, -0.05) is 0 Å². The van der Waals surface area contributed by atoms with Crippen molar-refractivity contribution in [1.29, 1.82) is 0 Å². The summed E-state index contributed by atoms with van der Waals surface area (Å²) in [5, 5.41) is 3.40. The minimum Gasteiger partial charge on any atom is -0.444 e. The summed E-state index contributed by atoms with van der Waals surface area (Å²) in [6.45, 7) is 7.63. The van der Waals surface area contributed by atoms with Gasteiger partial charge in [-0.2, -0.15) is 0 Å². The third-order valence-corrected chi connectivity index (χ3v) is 3.71. The Labute approximate surface area is 143 Å². The van der Waals surface area contributed by atoms with Crippen LogP contribution in [0.5, 0.6) is 0 Å². The minimum atomic E-state index is -0.472. The van der Waals surface area contributed by atoms with Crippen molar-refractivity contribution in [2.45, 2.75) is 51.7 Å². The second-order valence-corrected chi connectivity index (χ2v) is 7.05. The number of nitrogens with one attached hydrogen (secondary N) is 1. The van der Waals surface area contributed by atoms with Gasteiger partial charge in [0.1, 0.15) is 17.7 Å². The molecular weight excluding hydrogens is 308 g/mol. The summed E-state index contributed by atoms with van der Waals surface area (Å²) >= 11 is 0. The number of piperidine rings is 1. The lowest BCUT2D eigenvalue weighted by Crippen LogP contribution is -2.47. The van der Waals surface area contributed by atoms with E-state index < -0.39 is 5.60 Å². The molecule has 1 amide bonds. The first-order valence-corrected chi connectivity index (χ1v) is 8.42. The van der Waals surface area contributed by atoms with Gasteiger partial charge in [-0.25, -0.2) is 14.8 Å². The topological polar surface area (TPSA) is 76.6 Å². The summed E-state index contributed by atoms with van der Waals surface area (Å²) in [7, 11) is 1.67. The molecule has 7 heteroatoms. The fourth-order valence-corrected chi connectivity index (χ4v) is 2.62. The average Bonchev–Trinajstić information content (AvgIpc) is 2.52. The van der Waals surface area contributed by atoms with Crippen molar-refractivity contribution < 1.29 is 14.3 Å². The van der Waals surface area contributed by atoms with Crippen LogP contribution in [0.2, 0.25) is 0 Å². The van der Waals surface area contributed by atoms with Gasteiger partial charge in [0.05, 0.1) is 6.61 Å². The van der Waals surface area contributed by atoms with Crippen LogP contribution < -0.4 is 5.32 Å². The van der Waals surface area contributed by atoms with Gasteiger partial charge in [0.15, 0.2) is 0 Å². The lowest BCUT2D eigenvalue weighted by molar-refractivity contribution is 0.0206. The normalized spacial score (nSPS) is 18.3. The molecule has 1 aromatic rings. The van der Waals surface area contributed by atoms with Crippen molar-refractivity contribution in [3.05, 3.63) is 18.1 Å². The number of likely N-dealkylation sites (tertiary alicyclic amines) is 1. The van der Waals surface area contributed by atoms with Gasteiger partial charge >= 0.3 is 6.09 Å². The molecule has 1 atom stereocenters. The Morgan fingerprint density at radius 1 is 1.42 bits per heavy atom. The molecule has 0 aliphatic carbocycles. The third kappa shape index (κ3) is 5.96. The van der Waals surface area contributed by atoms with E-state index >= 15 is 0 Å². The standard InChI is InChI=1S/C17H28N4O3/c1-17(2,3)24-16(22)21-8-5-6-14(11-21)20-15-10-13(7-9-23-4)18-12-19-15/h10,12,14H,5-9,11H2,1-4H3,(H,18,19,20). The van der Waals surface area contributed by atoms with Crippen molar-refractivity contribution in [1.82, 2.24) is 14.9 Å². The molecule has 134 valence electrons. The van der Waals surface area contributed by atoms with E-state index in [-0.39, 0.29) is 12.1 Å². The molecule has 1 aromatic heterocycles. The van der Waals surface area contributed by atoms with E-state index in [1.165, 1.54) is 0 Å². The molecule has 1 unspecified atom stereocenters. The highest BCUT2D eigenvalue weighted by atomic mass is 16.6. The Kier molecular flexibility index (Phi) is 6.36. The highest BCUT2D eigenvalue weighted by molar-refractivity contribution is 5.68. The maximum Gasteiger partial charge on any atom is 0.410 e. The lowest BCUT2D eigenvalue weighted by Gasteiger charge is -2.34. The van der Waals surface area contributed by atoms with Crippen molar-refractivity contribution in [3.8, 4) is 0 Å². The third-order valence-electron chi connectivity index (χ3n) is 3.71. The van der Waals surface area contributed by atoms with Crippen molar-refractivity contribution >= 4 is 11.9 Å². The largest absolute Gasteiger partial charge is 0.444 e. The van der Waals surface area contributed by atoms with Gasteiger partial charge in [0.25, 0.3) is 0 Å². The summed E-state index contributed by atoms with van der Waals surface area (Å²) in [6.07, 6.45) is 4.00. The maximum absolute atomic E-state index is 12.2. The van der Waals surface area contributed by atoms with E-state index in [0.29, 0.717) is 13.2 Å². The van der Waals surface area contributed by atoms with Gasteiger partial charge in [0, 0.05) is 44.4 Å². The van der Waals surface area contributed by atoms with Crippen LogP contribution in [0.3, 0.4) is 0 Å². The number of amides is 1. The van der Waals surface area contributed by atoms with E-state index in [2.05, 4.69) is 15.3 Å². The number of aromatic nitrogens is 2. The Hall–Kier alpha value is -1.89. The molecule has 1 saturated heterocycles. The van der Waals surface area contributed by atoms with Crippen LogP contribution in [-0.4, -0.2) is 59.4 Å². The molecule has 1 N–H and O–H groups in total. The smallest absolute Gasteiger partial charge is 0.410 e. The molecule has 1 fully saturated rings. The average molecular weight is 336 g/mol. The molecule has 1 aliphatic heterocycles. The predicted octanol–water partition coefficient (Wildman–Crippen LogP) is 2.48. The van der Waals surface area contributed by atoms with Gasteiger partial charge in [0.2, 0.25) is 0 Å². The van der Waals surface area contributed by atoms with E-state index in [1.807, 2.05) is 26.8 Å². The van der Waals surface area contributed by atoms with Gasteiger partial charge < -0.3 is 19.7 Å². The fourth-order valence-electron chi connectivity index (χ4n) is 2.62. The molecule has 1 aliphatic rings. The maximum atomic E-state index is 12.2. The number of hydrogen-bond donors (Lipinski definition) is 1. The molecule has 2 heterocycles. The Morgan fingerprint density at radius 2 is 2.21 bits per heavy atom. The number of nitrogens with zero attached hydrogens (tertiary/aromatic N) is 3. The van der Waals surface area contributed by atoms with Crippen LogP contribution in [0, 0.1) is 0 Å². The number of methoxy groups -OCH3 is 1. The molecule has 0 aromatic carbocycles. The predicted molar refractivity (Wildman–Crippen MR) is 92.1 cm³/mol. The zero-order valence-electron chi connectivity index (χ0n) is 15.0. The zero-order chi connectivity index (χ0) is 17.6. The van der Waals surface area contributed by atoms with Crippen LogP contribution in [0.15, 0.2) is 12.4 Å². The van der Waals surface area contributed by atoms with Gasteiger partial charge in [-0.05, 0) is 33.6 Å². The highest BCUT2D eigenvalue weighted by Gasteiger charge is 2.27. The first kappa shape index (κ1) is 18.4. The van der Waals surface area contributed by atoms with E-state index in [4.69, 9.17) is 9.47 Å². The summed E-state index contributed by atoms with van der Waals surface area (Å²) < 4.78 is 10.5. The molecule has 0 radical (unpaired) electrons. The van der Waals surface area contributed by atoms with E-state index in [9.17, 15) is 4.79 Å². The first-order valence-electron chi connectivity index (χ1n) is 8.42. The number of hydrogen-bond acceptors (Lipinski definition) is 6. The molecule has 0 bridgehead atoms. The quantitative estimate of drug-likeness (QED) is 0.890. The van der Waals surface area contributed by atoms with Crippen molar-refractivity contribution in [3.63, 3.8) is 0 Å². The Morgan fingerprint density at radius 3 is 2.92 bits per heavy atom. The number of ether oxygens (including phenoxy) is 2. The fraction of sp³-hybridized carbons (Fsp3) is 0.706. The summed E-state index contributed by atoms with van der Waals surface area (Å²) in [4.78, 5) is 22.5. The number of carbonyl (C=O) groups excluding carboxylic acids is 1. The molecule has 0 spiro atoms. The SMILES string of the molecule is COCCc1cc(NC2CCCN(C(=O)OC(C)(C)C)C2)ncn1. The highest BCUT2D eigenvalue weighted by Crippen LogP contribution is 2.18. The monoisotopic (exact) mass is 336 g/mol. The van der Waals surface area contributed by atoms with Crippen LogP contribution in [0.4, 0.5) is 10.6 Å². The molecule has 7 nitrogen and oxygen atoms in total. The molecule has 24 heavy (non-hydrogen) atoms. The van der Waals surface area contributed by atoms with Crippen LogP contribution in [-0.2, 0) is 15.9 Å². The Bertz CT molecular complexity index is 545. The van der Waals surface area contributed by atoms with Gasteiger partial charge in [-0.3, -0.25) is 0 Å². The zero-order valence-corrected chi connectivity index (χ0v) is 15.0. The van der Waals surface area contributed by atoms with Crippen molar-refractivity contribution in [2.75, 3.05) is 32.1 Å². The molecule has 0 saturated carbocycles.